The van der Waals surface area contributed by atoms with Crippen LogP contribution in [0.2, 0.25) is 0 Å². The second kappa shape index (κ2) is 4.91. The Hall–Kier alpha value is -2.15. The average molecular weight is 211 g/mol. The zero-order valence-electron chi connectivity index (χ0n) is 7.50. The number of hydrogen-bond acceptors (Lipinski definition) is 5. The molecule has 1 N–H and O–H groups in total. The zero-order chi connectivity index (χ0) is 11.3. The zero-order valence-corrected chi connectivity index (χ0v) is 7.50. The van der Waals surface area contributed by atoms with E-state index >= 15 is 0 Å². The molecule has 1 aromatic carbocycles. The van der Waals surface area contributed by atoms with Crippen LogP contribution in [0.5, 0.6) is 0 Å². The first-order chi connectivity index (χ1) is 7.13. The van der Waals surface area contributed by atoms with E-state index in [1.54, 1.807) is 0 Å². The van der Waals surface area contributed by atoms with Crippen molar-refractivity contribution in [1.82, 2.24) is 5.90 Å². The number of rotatable bonds is 3. The number of nitro benzene ring substituents is 1. The molecule has 7 heteroatoms. The van der Waals surface area contributed by atoms with Gasteiger partial charge in [0.2, 0.25) is 0 Å². The van der Waals surface area contributed by atoms with E-state index in [9.17, 15) is 14.9 Å². The van der Waals surface area contributed by atoms with Crippen LogP contribution in [0.1, 0.15) is 5.56 Å². The molecular formula is C8H7N2O5. The van der Waals surface area contributed by atoms with E-state index in [2.05, 4.69) is 9.57 Å². The van der Waals surface area contributed by atoms with Crippen molar-refractivity contribution in [3.8, 4) is 0 Å². The molecule has 0 saturated carbocycles. The van der Waals surface area contributed by atoms with Crippen LogP contribution in [-0.2, 0) is 16.2 Å². The first-order valence-electron chi connectivity index (χ1n) is 3.87. The molecular weight excluding hydrogens is 204 g/mol. The lowest BCUT2D eigenvalue weighted by Crippen LogP contribution is -2.05. The van der Waals surface area contributed by atoms with Crippen molar-refractivity contribution in [3.05, 3.63) is 39.9 Å². The maximum atomic E-state index is 10.4. The minimum Gasteiger partial charge on any atom is -0.428 e. The molecule has 0 saturated heterocycles. The Balaban J connectivity index is 2.57. The van der Waals surface area contributed by atoms with Gasteiger partial charge in [0, 0.05) is 12.1 Å². The summed E-state index contributed by atoms with van der Waals surface area (Å²) in [5.41, 5.74) is 0.535. The van der Waals surface area contributed by atoms with Crippen molar-refractivity contribution in [2.45, 2.75) is 6.61 Å². The van der Waals surface area contributed by atoms with E-state index in [4.69, 9.17) is 5.90 Å². The first kappa shape index (κ1) is 10.9. The van der Waals surface area contributed by atoms with Crippen LogP contribution in [0, 0.1) is 10.1 Å². The van der Waals surface area contributed by atoms with Gasteiger partial charge in [-0.25, -0.2) is 4.79 Å². The topological polar surface area (TPSA) is 102 Å². The summed E-state index contributed by atoms with van der Waals surface area (Å²) in [5.74, 6) is 6.20. The summed E-state index contributed by atoms with van der Waals surface area (Å²) in [7, 11) is 0. The van der Waals surface area contributed by atoms with Crippen molar-refractivity contribution < 1.29 is 19.3 Å². The quantitative estimate of drug-likeness (QED) is 0.427. The maximum Gasteiger partial charge on any atom is 0.529 e. The Morgan fingerprint density at radius 3 is 2.47 bits per heavy atom. The van der Waals surface area contributed by atoms with Crippen LogP contribution >= 0.6 is 0 Å². The Labute approximate surface area is 84.5 Å². The number of hydrogen-bond donors (Lipinski definition) is 0. The van der Waals surface area contributed by atoms with Crippen LogP contribution in [0.3, 0.4) is 0 Å². The van der Waals surface area contributed by atoms with Crippen molar-refractivity contribution in [2.24, 2.45) is 0 Å². The van der Waals surface area contributed by atoms with E-state index in [1.807, 2.05) is 0 Å². The predicted octanol–water partition coefficient (Wildman–Crippen LogP) is 1.45. The molecule has 0 aliphatic carbocycles. The van der Waals surface area contributed by atoms with E-state index in [0.717, 1.165) is 0 Å². The highest BCUT2D eigenvalue weighted by atomic mass is 16.8. The molecule has 15 heavy (non-hydrogen) atoms. The molecule has 0 bridgehead atoms. The standard InChI is InChI=1S/C8H7N2O5/c9-15-8(11)14-5-6-1-3-7(4-2-6)10(12)13/h1-4,9H,5H2. The first-order valence-corrected chi connectivity index (χ1v) is 3.87. The van der Waals surface area contributed by atoms with Gasteiger partial charge in [0.05, 0.1) is 4.92 Å². The number of carbonyl (C=O) groups is 1. The average Bonchev–Trinajstić information content (AvgIpc) is 2.26. The van der Waals surface area contributed by atoms with Crippen molar-refractivity contribution in [2.75, 3.05) is 0 Å². The van der Waals surface area contributed by atoms with Gasteiger partial charge in [-0.1, -0.05) is 0 Å². The highest BCUT2D eigenvalue weighted by Crippen LogP contribution is 2.12. The van der Waals surface area contributed by atoms with Crippen molar-refractivity contribution >= 4 is 11.8 Å². The van der Waals surface area contributed by atoms with Crippen LogP contribution in [-0.4, -0.2) is 11.1 Å². The van der Waals surface area contributed by atoms with Gasteiger partial charge in [-0.2, -0.15) is 0 Å². The van der Waals surface area contributed by atoms with Gasteiger partial charge >= 0.3 is 6.16 Å². The highest BCUT2D eigenvalue weighted by Gasteiger charge is 2.06. The number of carbonyl (C=O) groups excluding carboxylic acids is 1. The molecule has 0 atom stereocenters. The third-order valence-electron chi connectivity index (χ3n) is 1.59. The Morgan fingerprint density at radius 2 is 2.00 bits per heavy atom. The summed E-state index contributed by atoms with van der Waals surface area (Å²) in [6, 6.07) is 5.50. The van der Waals surface area contributed by atoms with E-state index in [0.29, 0.717) is 5.56 Å². The van der Waals surface area contributed by atoms with Gasteiger partial charge in [0.25, 0.3) is 5.69 Å². The van der Waals surface area contributed by atoms with E-state index < -0.39 is 11.1 Å². The van der Waals surface area contributed by atoms with Gasteiger partial charge in [-0.15, -0.1) is 0 Å². The van der Waals surface area contributed by atoms with Crippen LogP contribution in [0.15, 0.2) is 24.3 Å². The molecule has 0 fully saturated rings. The summed E-state index contributed by atoms with van der Waals surface area (Å²) in [6.45, 7) is -0.0876. The van der Waals surface area contributed by atoms with E-state index in [-0.39, 0.29) is 12.3 Å². The third-order valence-corrected chi connectivity index (χ3v) is 1.59. The summed E-state index contributed by atoms with van der Waals surface area (Å²) >= 11 is 0. The number of benzene rings is 1. The molecule has 0 aromatic heterocycles. The molecule has 0 spiro atoms. The molecule has 7 nitrogen and oxygen atoms in total. The van der Waals surface area contributed by atoms with Gasteiger partial charge in [0.15, 0.2) is 0 Å². The van der Waals surface area contributed by atoms with Crippen molar-refractivity contribution in [3.63, 3.8) is 0 Å². The van der Waals surface area contributed by atoms with Gasteiger partial charge in [0.1, 0.15) is 6.61 Å². The number of nitrogens with zero attached hydrogens (tertiary/aromatic N) is 1. The summed E-state index contributed by atoms with van der Waals surface area (Å²) in [4.78, 5) is 23.7. The fourth-order valence-corrected chi connectivity index (χ4v) is 0.886. The number of nitrogens with one attached hydrogen (secondary N) is 1. The summed E-state index contributed by atoms with van der Waals surface area (Å²) < 4.78 is 4.46. The fourth-order valence-electron chi connectivity index (χ4n) is 0.886. The minimum absolute atomic E-state index is 0.0400. The monoisotopic (exact) mass is 211 g/mol. The molecule has 0 aliphatic rings. The van der Waals surface area contributed by atoms with Gasteiger partial charge in [-0.3, -0.25) is 10.1 Å². The Kier molecular flexibility index (Phi) is 3.58. The molecule has 1 aromatic rings. The minimum atomic E-state index is -1.12. The lowest BCUT2D eigenvalue weighted by atomic mass is 10.2. The molecule has 1 rings (SSSR count). The Morgan fingerprint density at radius 1 is 1.40 bits per heavy atom. The fraction of sp³-hybridized carbons (Fsp3) is 0.125. The second-order valence-corrected chi connectivity index (χ2v) is 2.56. The largest absolute Gasteiger partial charge is 0.529 e. The summed E-state index contributed by atoms with van der Waals surface area (Å²) in [6.07, 6.45) is -1.12. The molecule has 0 heterocycles. The van der Waals surface area contributed by atoms with Crippen molar-refractivity contribution in [1.29, 1.82) is 0 Å². The normalized spacial score (nSPS) is 9.40. The summed E-state index contributed by atoms with van der Waals surface area (Å²) in [5, 5.41) is 10.3. The smallest absolute Gasteiger partial charge is 0.428 e. The van der Waals surface area contributed by atoms with Gasteiger partial charge < -0.3 is 9.57 Å². The van der Waals surface area contributed by atoms with Crippen LogP contribution in [0.4, 0.5) is 10.5 Å². The predicted molar refractivity (Wildman–Crippen MR) is 47.5 cm³/mol. The highest BCUT2D eigenvalue weighted by molar-refractivity contribution is 5.59. The molecule has 1 radical (unpaired) electrons. The SMILES string of the molecule is [NH]OC(=O)OCc1ccc([N+](=O)[O-])cc1. The maximum absolute atomic E-state index is 10.4. The number of nitro groups is 1. The van der Waals surface area contributed by atoms with E-state index in [1.165, 1.54) is 24.3 Å². The lowest BCUT2D eigenvalue weighted by Gasteiger charge is -2.01. The molecule has 79 valence electrons. The molecule has 0 unspecified atom stereocenters. The molecule has 0 aliphatic heterocycles. The number of ether oxygens (including phenoxy) is 1. The van der Waals surface area contributed by atoms with Crippen LogP contribution < -0.4 is 5.90 Å². The van der Waals surface area contributed by atoms with Gasteiger partial charge in [-0.05, 0) is 23.6 Å². The second-order valence-electron chi connectivity index (χ2n) is 2.56. The lowest BCUT2D eigenvalue weighted by molar-refractivity contribution is -0.384. The molecule has 0 amide bonds. The third kappa shape index (κ3) is 3.24. The van der Waals surface area contributed by atoms with Crippen LogP contribution in [0.25, 0.3) is 0 Å². The number of non-ortho nitro benzene ring substituents is 1. The Bertz CT molecular complexity index is 362.